The summed E-state index contributed by atoms with van der Waals surface area (Å²) in [6.45, 7) is 10.6. The lowest BCUT2D eigenvalue weighted by molar-refractivity contribution is -0.132. The standard InChI is InChI=1S/C33H38N2O8S/c1-7-15-42-23-11-9-10-22(17-23)28(36)26-27(21-12-13-24(25(18-21)40-6)43-16-14-19(3)4)35(31(38)29(26)37)33-34-20(5)30(44-33)32(39)41-8-2/h9-13,17-19,27,36H,7-8,14-16H2,1-6H3/b28-26+. The van der Waals surface area contributed by atoms with Gasteiger partial charge in [-0.1, -0.05) is 50.3 Å². The fraction of sp³-hybridized carbons (Fsp3) is 0.394. The van der Waals surface area contributed by atoms with E-state index in [1.54, 1.807) is 56.3 Å². The third-order valence-electron chi connectivity index (χ3n) is 6.93. The molecular formula is C33H38N2O8S. The fourth-order valence-electron chi connectivity index (χ4n) is 4.70. The molecule has 1 atom stereocenters. The molecule has 1 N–H and O–H groups in total. The highest BCUT2D eigenvalue weighted by atomic mass is 32.1. The molecule has 10 nitrogen and oxygen atoms in total. The van der Waals surface area contributed by atoms with E-state index in [1.807, 2.05) is 6.92 Å². The number of aryl methyl sites for hydroxylation is 1. The Morgan fingerprint density at radius 1 is 1.07 bits per heavy atom. The first-order valence-corrected chi connectivity index (χ1v) is 15.4. The van der Waals surface area contributed by atoms with Crippen LogP contribution in [0.2, 0.25) is 0 Å². The lowest BCUT2D eigenvalue weighted by atomic mass is 9.95. The highest BCUT2D eigenvalue weighted by Gasteiger charge is 2.48. The predicted molar refractivity (Wildman–Crippen MR) is 168 cm³/mol. The van der Waals surface area contributed by atoms with Crippen LogP contribution in [0.1, 0.15) is 73.1 Å². The van der Waals surface area contributed by atoms with Gasteiger partial charge in [0.25, 0.3) is 5.78 Å². The van der Waals surface area contributed by atoms with E-state index in [-0.39, 0.29) is 27.9 Å². The summed E-state index contributed by atoms with van der Waals surface area (Å²) < 4.78 is 22.5. The predicted octanol–water partition coefficient (Wildman–Crippen LogP) is 6.48. The number of ketones is 1. The molecule has 1 aromatic heterocycles. The Bertz CT molecular complexity index is 1560. The quantitative estimate of drug-likeness (QED) is 0.0987. The minimum atomic E-state index is -1.09. The van der Waals surface area contributed by atoms with Crippen molar-refractivity contribution >= 4 is 39.9 Å². The first-order valence-electron chi connectivity index (χ1n) is 14.6. The number of Topliss-reactive ketones (excluding diaryl/α,β-unsaturated/α-hetero) is 1. The second-order valence-corrected chi connectivity index (χ2v) is 11.6. The van der Waals surface area contributed by atoms with Gasteiger partial charge in [-0.25, -0.2) is 9.78 Å². The van der Waals surface area contributed by atoms with Gasteiger partial charge < -0.3 is 24.1 Å². The Balaban J connectivity index is 1.87. The highest BCUT2D eigenvalue weighted by Crippen LogP contribution is 2.45. The van der Waals surface area contributed by atoms with Crippen molar-refractivity contribution < 1.29 is 38.4 Å². The van der Waals surface area contributed by atoms with Crippen LogP contribution >= 0.6 is 11.3 Å². The number of carbonyl (C=O) groups is 3. The summed E-state index contributed by atoms with van der Waals surface area (Å²) in [5.74, 6) is -0.862. The topological polar surface area (TPSA) is 124 Å². The molecule has 1 unspecified atom stereocenters. The summed E-state index contributed by atoms with van der Waals surface area (Å²) >= 11 is 0.944. The van der Waals surface area contributed by atoms with Crippen LogP contribution < -0.4 is 19.1 Å². The summed E-state index contributed by atoms with van der Waals surface area (Å²) in [5, 5.41) is 11.7. The van der Waals surface area contributed by atoms with E-state index in [0.29, 0.717) is 53.2 Å². The van der Waals surface area contributed by atoms with Gasteiger partial charge in [0.2, 0.25) is 0 Å². The van der Waals surface area contributed by atoms with Crippen LogP contribution in [0.4, 0.5) is 5.13 Å². The number of aliphatic hydroxyl groups excluding tert-OH is 1. The van der Waals surface area contributed by atoms with Crippen LogP contribution in [-0.2, 0) is 14.3 Å². The molecule has 1 saturated heterocycles. The number of nitrogens with zero attached hydrogens (tertiary/aromatic N) is 2. The number of rotatable bonds is 13. The Morgan fingerprint density at radius 3 is 2.52 bits per heavy atom. The number of thiazole rings is 1. The fourth-order valence-corrected chi connectivity index (χ4v) is 5.69. The zero-order valence-electron chi connectivity index (χ0n) is 25.8. The number of anilines is 1. The Labute approximate surface area is 261 Å². The number of hydrogen-bond acceptors (Lipinski definition) is 10. The van der Waals surface area contributed by atoms with Crippen LogP contribution in [0.25, 0.3) is 5.76 Å². The Morgan fingerprint density at radius 2 is 1.84 bits per heavy atom. The smallest absolute Gasteiger partial charge is 0.350 e. The van der Waals surface area contributed by atoms with E-state index in [9.17, 15) is 19.5 Å². The molecule has 0 radical (unpaired) electrons. The van der Waals surface area contributed by atoms with E-state index >= 15 is 0 Å². The van der Waals surface area contributed by atoms with E-state index < -0.39 is 23.7 Å². The monoisotopic (exact) mass is 622 g/mol. The van der Waals surface area contributed by atoms with Crippen LogP contribution in [-0.4, -0.2) is 54.7 Å². The summed E-state index contributed by atoms with van der Waals surface area (Å²) in [6.07, 6.45) is 1.64. The summed E-state index contributed by atoms with van der Waals surface area (Å²) in [6, 6.07) is 10.7. The van der Waals surface area contributed by atoms with E-state index in [0.717, 1.165) is 24.2 Å². The molecule has 0 aliphatic carbocycles. The number of ether oxygens (including phenoxy) is 4. The molecule has 0 spiro atoms. The zero-order chi connectivity index (χ0) is 32.0. The molecule has 0 saturated carbocycles. The SMILES string of the molecule is CCCOc1cccc(/C(O)=C2\C(=O)C(=O)N(c3nc(C)c(C(=O)OCC)s3)C2c2ccc(OCCC(C)C)c(OC)c2)c1. The van der Waals surface area contributed by atoms with E-state index in [1.165, 1.54) is 12.0 Å². The summed E-state index contributed by atoms with van der Waals surface area (Å²) in [4.78, 5) is 45.9. The summed E-state index contributed by atoms with van der Waals surface area (Å²) in [7, 11) is 1.50. The van der Waals surface area contributed by atoms with Gasteiger partial charge in [0.1, 0.15) is 16.4 Å². The number of methoxy groups -OCH3 is 1. The second kappa shape index (κ2) is 14.4. The minimum absolute atomic E-state index is 0.118. The van der Waals surface area contributed by atoms with Gasteiger partial charge in [-0.2, -0.15) is 0 Å². The van der Waals surface area contributed by atoms with Crippen molar-refractivity contribution in [3.8, 4) is 17.2 Å². The number of aromatic nitrogens is 1. The molecular weight excluding hydrogens is 584 g/mol. The minimum Gasteiger partial charge on any atom is -0.507 e. The summed E-state index contributed by atoms with van der Waals surface area (Å²) in [5.41, 5.74) is 1.01. The normalized spacial score (nSPS) is 16.0. The number of esters is 1. The molecule has 1 aliphatic heterocycles. The lowest BCUT2D eigenvalue weighted by Gasteiger charge is -2.24. The Kier molecular flexibility index (Phi) is 10.6. The van der Waals surface area contributed by atoms with Crippen LogP contribution in [0.3, 0.4) is 0 Å². The van der Waals surface area contributed by atoms with Crippen molar-refractivity contribution in [2.75, 3.05) is 31.8 Å². The molecule has 1 fully saturated rings. The maximum absolute atomic E-state index is 13.7. The average Bonchev–Trinajstić information content (AvgIpc) is 3.52. The molecule has 44 heavy (non-hydrogen) atoms. The maximum Gasteiger partial charge on any atom is 0.350 e. The van der Waals surface area contributed by atoms with Gasteiger partial charge in [0.15, 0.2) is 16.6 Å². The van der Waals surface area contributed by atoms with Gasteiger partial charge in [0, 0.05) is 5.56 Å². The first kappa shape index (κ1) is 32.5. The van der Waals surface area contributed by atoms with Crippen LogP contribution in [0.5, 0.6) is 17.2 Å². The molecule has 3 aromatic rings. The largest absolute Gasteiger partial charge is 0.507 e. The van der Waals surface area contributed by atoms with Gasteiger partial charge in [-0.3, -0.25) is 14.5 Å². The van der Waals surface area contributed by atoms with Crippen molar-refractivity contribution in [2.24, 2.45) is 5.92 Å². The lowest BCUT2D eigenvalue weighted by Crippen LogP contribution is -2.29. The van der Waals surface area contributed by atoms with Crippen molar-refractivity contribution in [1.29, 1.82) is 0 Å². The molecule has 4 rings (SSSR count). The third kappa shape index (κ3) is 6.88. The molecule has 0 bridgehead atoms. The van der Waals surface area contributed by atoms with Gasteiger partial charge in [-0.15, -0.1) is 0 Å². The third-order valence-corrected chi connectivity index (χ3v) is 8.07. The van der Waals surface area contributed by atoms with Crippen molar-refractivity contribution in [2.45, 2.75) is 53.5 Å². The number of aliphatic hydroxyl groups is 1. The number of carbonyl (C=O) groups excluding carboxylic acids is 3. The molecule has 2 aromatic carbocycles. The van der Waals surface area contributed by atoms with Gasteiger partial charge in [0.05, 0.1) is 44.2 Å². The first-order chi connectivity index (χ1) is 21.1. The van der Waals surface area contributed by atoms with Gasteiger partial charge >= 0.3 is 11.9 Å². The molecule has 11 heteroatoms. The molecule has 1 amide bonds. The average molecular weight is 623 g/mol. The van der Waals surface area contributed by atoms with Crippen molar-refractivity contribution in [1.82, 2.24) is 4.98 Å². The zero-order valence-corrected chi connectivity index (χ0v) is 26.7. The second-order valence-electron chi connectivity index (χ2n) is 10.6. The number of amides is 1. The number of benzene rings is 2. The number of hydrogen-bond donors (Lipinski definition) is 1. The molecule has 2 heterocycles. The van der Waals surface area contributed by atoms with Gasteiger partial charge in [-0.05, 0) is 62.4 Å². The van der Waals surface area contributed by atoms with E-state index in [4.69, 9.17) is 18.9 Å². The molecule has 234 valence electrons. The van der Waals surface area contributed by atoms with Crippen molar-refractivity contribution in [3.63, 3.8) is 0 Å². The maximum atomic E-state index is 13.7. The Hall–Kier alpha value is -4.38. The highest BCUT2D eigenvalue weighted by molar-refractivity contribution is 7.17. The van der Waals surface area contributed by atoms with E-state index in [2.05, 4.69) is 18.8 Å². The van der Waals surface area contributed by atoms with Crippen LogP contribution in [0.15, 0.2) is 48.0 Å². The molecule has 1 aliphatic rings. The van der Waals surface area contributed by atoms with Crippen LogP contribution in [0, 0.1) is 12.8 Å². The van der Waals surface area contributed by atoms with Crippen molar-refractivity contribution in [3.05, 3.63) is 69.7 Å².